The summed E-state index contributed by atoms with van der Waals surface area (Å²) in [6.07, 6.45) is 1.79. The summed E-state index contributed by atoms with van der Waals surface area (Å²) in [6, 6.07) is 18.2. The van der Waals surface area contributed by atoms with E-state index in [4.69, 9.17) is 4.84 Å². The predicted molar refractivity (Wildman–Crippen MR) is 78.2 cm³/mol. The van der Waals surface area contributed by atoms with Crippen LogP contribution in [0.2, 0.25) is 0 Å². The van der Waals surface area contributed by atoms with Crippen molar-refractivity contribution >= 4 is 17.6 Å². The van der Waals surface area contributed by atoms with E-state index >= 15 is 0 Å². The topological polar surface area (TPSA) is 33.6 Å². The molecule has 0 aliphatic carbocycles. The van der Waals surface area contributed by atoms with Gasteiger partial charge in [0.05, 0.1) is 0 Å². The second kappa shape index (κ2) is 5.47. The van der Waals surface area contributed by atoms with E-state index in [9.17, 15) is 0 Å². The van der Waals surface area contributed by atoms with E-state index in [-0.39, 0.29) is 6.23 Å². The van der Waals surface area contributed by atoms with Crippen molar-refractivity contribution in [2.75, 3.05) is 6.26 Å². The second-order valence-electron chi connectivity index (χ2n) is 4.19. The van der Waals surface area contributed by atoms with Gasteiger partial charge in [-0.15, -0.1) is 11.8 Å². The van der Waals surface area contributed by atoms with E-state index in [1.807, 2.05) is 30.3 Å². The molecule has 3 rings (SSSR count). The van der Waals surface area contributed by atoms with Gasteiger partial charge in [0.1, 0.15) is 0 Å². The largest absolute Gasteiger partial charge is 0.246 e. The molecular weight excluding hydrogens is 256 g/mol. The fourth-order valence-electron chi connectivity index (χ4n) is 1.92. The molecule has 0 bridgehead atoms. The van der Waals surface area contributed by atoms with Gasteiger partial charge in [0.25, 0.3) is 0 Å². The third-order valence-electron chi connectivity index (χ3n) is 2.96. The van der Waals surface area contributed by atoms with Crippen LogP contribution in [0.3, 0.4) is 0 Å². The van der Waals surface area contributed by atoms with Crippen LogP contribution >= 0.6 is 11.8 Å². The molecule has 2 aromatic carbocycles. The first-order chi connectivity index (χ1) is 9.36. The van der Waals surface area contributed by atoms with Gasteiger partial charge in [-0.1, -0.05) is 42.5 Å². The zero-order valence-electron chi connectivity index (χ0n) is 10.5. The van der Waals surface area contributed by atoms with Crippen molar-refractivity contribution in [1.29, 1.82) is 0 Å². The molecule has 0 saturated heterocycles. The summed E-state index contributed by atoms with van der Waals surface area (Å²) >= 11 is 1.73. The van der Waals surface area contributed by atoms with Gasteiger partial charge in [-0.05, 0) is 18.4 Å². The molecular formula is C15H14N2OS. The van der Waals surface area contributed by atoms with Gasteiger partial charge in [0.2, 0.25) is 6.23 Å². The van der Waals surface area contributed by atoms with E-state index in [1.54, 1.807) is 11.8 Å². The van der Waals surface area contributed by atoms with E-state index in [0.29, 0.717) is 0 Å². The number of aliphatic imine (C=N–C) groups is 1. The first-order valence-electron chi connectivity index (χ1n) is 6.05. The monoisotopic (exact) mass is 270 g/mol. The van der Waals surface area contributed by atoms with Crippen LogP contribution < -0.4 is 5.48 Å². The summed E-state index contributed by atoms with van der Waals surface area (Å²) in [5.41, 5.74) is 4.98. The number of amidine groups is 1. The van der Waals surface area contributed by atoms with Crippen LogP contribution in [0.4, 0.5) is 0 Å². The van der Waals surface area contributed by atoms with Crippen molar-refractivity contribution in [3.05, 3.63) is 65.7 Å². The van der Waals surface area contributed by atoms with Gasteiger partial charge >= 0.3 is 0 Å². The van der Waals surface area contributed by atoms with E-state index in [1.165, 1.54) is 4.90 Å². The van der Waals surface area contributed by atoms with Crippen molar-refractivity contribution in [3.8, 4) is 0 Å². The molecule has 19 heavy (non-hydrogen) atoms. The molecule has 96 valence electrons. The molecule has 2 aromatic rings. The third kappa shape index (κ3) is 2.64. The maximum atomic E-state index is 5.52. The van der Waals surface area contributed by atoms with Crippen LogP contribution in [0, 0.1) is 0 Å². The van der Waals surface area contributed by atoms with E-state index < -0.39 is 0 Å². The number of hydroxylamine groups is 1. The number of benzene rings is 2. The highest BCUT2D eigenvalue weighted by Crippen LogP contribution is 2.25. The molecule has 1 N–H and O–H groups in total. The Kier molecular flexibility index (Phi) is 3.53. The number of hydrogen-bond donors (Lipinski definition) is 1. The van der Waals surface area contributed by atoms with Gasteiger partial charge in [0, 0.05) is 16.0 Å². The summed E-state index contributed by atoms with van der Waals surface area (Å²) < 4.78 is 0. The fraction of sp³-hybridized carbons (Fsp3) is 0.133. The predicted octanol–water partition coefficient (Wildman–Crippen LogP) is 3.39. The summed E-state index contributed by atoms with van der Waals surface area (Å²) in [7, 11) is 0. The van der Waals surface area contributed by atoms with Crippen LogP contribution in [0.25, 0.3) is 0 Å². The van der Waals surface area contributed by atoms with Gasteiger partial charge < -0.3 is 0 Å². The third-order valence-corrected chi connectivity index (χ3v) is 3.71. The molecule has 1 atom stereocenters. The Balaban J connectivity index is 1.82. The van der Waals surface area contributed by atoms with Gasteiger partial charge in [-0.25, -0.2) is 15.3 Å². The van der Waals surface area contributed by atoms with Crippen molar-refractivity contribution in [2.45, 2.75) is 11.1 Å². The number of nitrogens with zero attached hydrogens (tertiary/aromatic N) is 1. The molecule has 1 aliphatic heterocycles. The molecule has 1 aliphatic rings. The zero-order valence-corrected chi connectivity index (χ0v) is 11.4. The van der Waals surface area contributed by atoms with Gasteiger partial charge in [0.15, 0.2) is 5.84 Å². The Hall–Kier alpha value is -1.78. The fourth-order valence-corrected chi connectivity index (χ4v) is 2.33. The molecule has 0 spiro atoms. The minimum Gasteiger partial charge on any atom is -0.246 e. The summed E-state index contributed by atoms with van der Waals surface area (Å²) in [5.74, 6) is 0.777. The van der Waals surface area contributed by atoms with Crippen molar-refractivity contribution in [1.82, 2.24) is 5.48 Å². The average Bonchev–Trinajstić information content (AvgIpc) is 2.98. The Morgan fingerprint density at radius 3 is 2.47 bits per heavy atom. The average molecular weight is 270 g/mol. The summed E-state index contributed by atoms with van der Waals surface area (Å²) in [4.78, 5) is 11.3. The molecule has 4 heteroatoms. The summed E-state index contributed by atoms with van der Waals surface area (Å²) in [6.45, 7) is 0. The van der Waals surface area contributed by atoms with Crippen molar-refractivity contribution < 1.29 is 4.84 Å². The SMILES string of the molecule is CSc1ccc([C@H]2N=C(c3ccccc3)NO2)cc1. The Labute approximate surface area is 116 Å². The lowest BCUT2D eigenvalue weighted by Gasteiger charge is -2.06. The maximum Gasteiger partial charge on any atom is 0.202 e. The lowest BCUT2D eigenvalue weighted by molar-refractivity contribution is 0.0376. The molecule has 1 heterocycles. The highest BCUT2D eigenvalue weighted by atomic mass is 32.2. The van der Waals surface area contributed by atoms with E-state index in [0.717, 1.165) is 17.0 Å². The molecule has 3 nitrogen and oxygen atoms in total. The normalized spacial score (nSPS) is 17.9. The highest BCUT2D eigenvalue weighted by molar-refractivity contribution is 7.98. The molecule has 0 fully saturated rings. The highest BCUT2D eigenvalue weighted by Gasteiger charge is 2.20. The van der Waals surface area contributed by atoms with Crippen LogP contribution in [0.5, 0.6) is 0 Å². The van der Waals surface area contributed by atoms with E-state index in [2.05, 4.69) is 41.0 Å². The number of thioether (sulfide) groups is 1. The van der Waals surface area contributed by atoms with Crippen molar-refractivity contribution in [2.24, 2.45) is 4.99 Å². The lowest BCUT2D eigenvalue weighted by atomic mass is 10.2. The smallest absolute Gasteiger partial charge is 0.202 e. The molecule has 0 radical (unpaired) electrons. The lowest BCUT2D eigenvalue weighted by Crippen LogP contribution is -2.17. The Morgan fingerprint density at radius 2 is 1.79 bits per heavy atom. The minimum atomic E-state index is -0.272. The van der Waals surface area contributed by atoms with Crippen LogP contribution in [0.15, 0.2) is 64.5 Å². The quantitative estimate of drug-likeness (QED) is 0.868. The Bertz CT molecular complexity index is 581. The minimum absolute atomic E-state index is 0.272. The molecule has 0 amide bonds. The molecule has 0 aromatic heterocycles. The number of hydrogen-bond acceptors (Lipinski definition) is 4. The first kappa shape index (κ1) is 12.3. The zero-order chi connectivity index (χ0) is 13.1. The number of nitrogens with one attached hydrogen (secondary N) is 1. The maximum absolute atomic E-state index is 5.52. The van der Waals surface area contributed by atoms with Gasteiger partial charge in [-0.2, -0.15) is 0 Å². The standard InChI is InChI=1S/C15H14N2OS/c1-19-13-9-7-12(8-10-13)15-16-14(17-18-15)11-5-3-2-4-6-11/h2-10,15H,1H3,(H,16,17)/t15-/m0/s1. The molecule has 0 unspecified atom stereocenters. The molecule has 0 saturated carbocycles. The van der Waals surface area contributed by atoms with Crippen LogP contribution in [-0.4, -0.2) is 12.1 Å². The Morgan fingerprint density at radius 1 is 1.05 bits per heavy atom. The van der Waals surface area contributed by atoms with Crippen LogP contribution in [0.1, 0.15) is 17.4 Å². The number of rotatable bonds is 3. The van der Waals surface area contributed by atoms with Gasteiger partial charge in [-0.3, -0.25) is 0 Å². The van der Waals surface area contributed by atoms with Crippen LogP contribution in [-0.2, 0) is 4.84 Å². The summed E-state index contributed by atoms with van der Waals surface area (Å²) in [5, 5.41) is 0. The van der Waals surface area contributed by atoms with Crippen molar-refractivity contribution in [3.63, 3.8) is 0 Å². The second-order valence-corrected chi connectivity index (χ2v) is 5.07. The first-order valence-corrected chi connectivity index (χ1v) is 7.28.